The molecular formula is C14H21N. The van der Waals surface area contributed by atoms with Crippen LogP contribution in [0.3, 0.4) is 0 Å². The third kappa shape index (κ3) is 3.07. The highest BCUT2D eigenvalue weighted by molar-refractivity contribution is 5.14. The van der Waals surface area contributed by atoms with E-state index in [2.05, 4.69) is 42.6 Å². The van der Waals surface area contributed by atoms with E-state index in [9.17, 15) is 0 Å². The molecule has 0 amide bonds. The Morgan fingerprint density at radius 3 is 2.67 bits per heavy atom. The predicted molar refractivity (Wildman–Crippen MR) is 65.0 cm³/mol. The first kappa shape index (κ1) is 10.7. The topological polar surface area (TPSA) is 12.0 Å². The molecule has 1 saturated carbocycles. The monoisotopic (exact) mass is 203 g/mol. The van der Waals surface area contributed by atoms with Gasteiger partial charge in [0.15, 0.2) is 0 Å². The van der Waals surface area contributed by atoms with Crippen LogP contribution in [-0.2, 0) is 6.42 Å². The number of benzene rings is 1. The molecule has 1 aromatic rings. The van der Waals surface area contributed by atoms with Crippen molar-refractivity contribution in [3.8, 4) is 0 Å². The zero-order valence-corrected chi connectivity index (χ0v) is 9.58. The van der Waals surface area contributed by atoms with Gasteiger partial charge in [0.1, 0.15) is 0 Å². The maximum Gasteiger partial charge on any atom is 0.00928 e. The average molecular weight is 203 g/mol. The molecule has 1 N–H and O–H groups in total. The molecule has 1 aliphatic rings. The molecule has 0 unspecified atom stereocenters. The molecule has 0 aromatic heterocycles. The van der Waals surface area contributed by atoms with Crippen LogP contribution in [0.1, 0.15) is 31.7 Å². The lowest BCUT2D eigenvalue weighted by molar-refractivity contribution is 0.430. The van der Waals surface area contributed by atoms with Crippen molar-refractivity contribution in [3.05, 3.63) is 35.9 Å². The van der Waals surface area contributed by atoms with Crippen molar-refractivity contribution >= 4 is 0 Å². The summed E-state index contributed by atoms with van der Waals surface area (Å²) in [5, 5.41) is 3.68. The molecule has 2 atom stereocenters. The Kier molecular flexibility index (Phi) is 3.79. The van der Waals surface area contributed by atoms with Gasteiger partial charge in [-0.3, -0.25) is 0 Å². The van der Waals surface area contributed by atoms with E-state index in [1.54, 1.807) is 0 Å². The summed E-state index contributed by atoms with van der Waals surface area (Å²) in [6, 6.07) is 11.5. The van der Waals surface area contributed by atoms with Gasteiger partial charge in [-0.1, -0.05) is 43.7 Å². The fourth-order valence-corrected chi connectivity index (χ4v) is 2.50. The first-order valence-electron chi connectivity index (χ1n) is 6.13. The summed E-state index contributed by atoms with van der Waals surface area (Å²) in [6.07, 6.45) is 5.34. The van der Waals surface area contributed by atoms with Crippen LogP contribution in [0, 0.1) is 5.92 Å². The van der Waals surface area contributed by atoms with Crippen molar-refractivity contribution in [2.45, 2.75) is 38.6 Å². The maximum atomic E-state index is 3.68. The van der Waals surface area contributed by atoms with Crippen LogP contribution >= 0.6 is 0 Å². The Hall–Kier alpha value is -0.820. The van der Waals surface area contributed by atoms with Crippen molar-refractivity contribution in [1.29, 1.82) is 0 Å². The molecule has 1 nitrogen and oxygen atoms in total. The number of hydrogen-bond donors (Lipinski definition) is 1. The second kappa shape index (κ2) is 5.32. The van der Waals surface area contributed by atoms with Gasteiger partial charge >= 0.3 is 0 Å². The molecule has 82 valence electrons. The highest BCUT2D eigenvalue weighted by Gasteiger charge is 2.21. The second-order valence-electron chi connectivity index (χ2n) is 4.70. The van der Waals surface area contributed by atoms with E-state index in [-0.39, 0.29) is 0 Å². The zero-order chi connectivity index (χ0) is 10.5. The van der Waals surface area contributed by atoms with E-state index in [1.807, 2.05) is 0 Å². The summed E-state index contributed by atoms with van der Waals surface area (Å²) in [5.74, 6) is 0.876. The summed E-state index contributed by atoms with van der Waals surface area (Å²) in [5.41, 5.74) is 1.44. The van der Waals surface area contributed by atoms with Gasteiger partial charge in [0, 0.05) is 6.04 Å². The lowest BCUT2D eigenvalue weighted by Gasteiger charge is -2.17. The molecule has 15 heavy (non-hydrogen) atoms. The molecule has 1 aromatic carbocycles. The first-order chi connectivity index (χ1) is 7.36. The third-order valence-corrected chi connectivity index (χ3v) is 3.52. The van der Waals surface area contributed by atoms with E-state index in [4.69, 9.17) is 0 Å². The molecule has 1 fully saturated rings. The first-order valence-corrected chi connectivity index (χ1v) is 6.13. The van der Waals surface area contributed by atoms with E-state index in [0.717, 1.165) is 24.9 Å². The van der Waals surface area contributed by atoms with Crippen LogP contribution in [0.25, 0.3) is 0 Å². The largest absolute Gasteiger partial charge is 0.313 e. The van der Waals surface area contributed by atoms with Gasteiger partial charge in [-0.15, -0.1) is 0 Å². The Bertz CT molecular complexity index is 281. The SMILES string of the molecule is C[C@H]1CCC[C@H]1NCCc1ccccc1. The van der Waals surface area contributed by atoms with Gasteiger partial charge in [0.25, 0.3) is 0 Å². The van der Waals surface area contributed by atoms with Crippen LogP contribution in [0.4, 0.5) is 0 Å². The molecular weight excluding hydrogens is 182 g/mol. The van der Waals surface area contributed by atoms with Gasteiger partial charge in [0.2, 0.25) is 0 Å². The Morgan fingerprint density at radius 1 is 1.20 bits per heavy atom. The fourth-order valence-electron chi connectivity index (χ4n) is 2.50. The highest BCUT2D eigenvalue weighted by Crippen LogP contribution is 2.24. The van der Waals surface area contributed by atoms with Crippen molar-refractivity contribution in [3.63, 3.8) is 0 Å². The van der Waals surface area contributed by atoms with E-state index in [0.29, 0.717) is 0 Å². The number of hydrogen-bond acceptors (Lipinski definition) is 1. The van der Waals surface area contributed by atoms with Crippen molar-refractivity contribution in [2.75, 3.05) is 6.54 Å². The summed E-state index contributed by atoms with van der Waals surface area (Å²) in [6.45, 7) is 3.49. The smallest absolute Gasteiger partial charge is 0.00928 e. The lowest BCUT2D eigenvalue weighted by Crippen LogP contribution is -2.32. The third-order valence-electron chi connectivity index (χ3n) is 3.52. The standard InChI is InChI=1S/C14H21N/c1-12-6-5-9-14(12)15-11-10-13-7-3-2-4-8-13/h2-4,7-8,12,14-15H,5-6,9-11H2,1H3/t12-,14+/m0/s1. The molecule has 1 heteroatoms. The minimum atomic E-state index is 0.772. The van der Waals surface area contributed by atoms with Crippen LogP contribution in [0.15, 0.2) is 30.3 Å². The van der Waals surface area contributed by atoms with E-state index < -0.39 is 0 Å². The molecule has 2 rings (SSSR count). The van der Waals surface area contributed by atoms with E-state index >= 15 is 0 Å². The molecule has 1 aliphatic carbocycles. The van der Waals surface area contributed by atoms with Crippen LogP contribution in [0.2, 0.25) is 0 Å². The Balaban J connectivity index is 1.71. The number of nitrogens with one attached hydrogen (secondary N) is 1. The minimum absolute atomic E-state index is 0.772. The van der Waals surface area contributed by atoms with Crippen molar-refractivity contribution < 1.29 is 0 Å². The zero-order valence-electron chi connectivity index (χ0n) is 9.58. The summed E-state index contributed by atoms with van der Waals surface area (Å²) in [4.78, 5) is 0. The summed E-state index contributed by atoms with van der Waals surface area (Å²) >= 11 is 0. The minimum Gasteiger partial charge on any atom is -0.313 e. The van der Waals surface area contributed by atoms with Gasteiger partial charge in [-0.25, -0.2) is 0 Å². The lowest BCUT2D eigenvalue weighted by atomic mass is 10.1. The molecule has 0 radical (unpaired) electrons. The van der Waals surface area contributed by atoms with Crippen molar-refractivity contribution in [2.24, 2.45) is 5.92 Å². The van der Waals surface area contributed by atoms with E-state index in [1.165, 1.54) is 24.8 Å². The number of rotatable bonds is 4. The maximum absolute atomic E-state index is 3.68. The van der Waals surface area contributed by atoms with Gasteiger partial charge in [-0.05, 0) is 37.3 Å². The molecule has 0 bridgehead atoms. The van der Waals surface area contributed by atoms with Crippen LogP contribution in [0.5, 0.6) is 0 Å². The molecule has 0 heterocycles. The summed E-state index contributed by atoms with van der Waals surface area (Å²) < 4.78 is 0. The molecule has 0 aliphatic heterocycles. The molecule has 0 spiro atoms. The molecule has 0 saturated heterocycles. The Labute approximate surface area is 92.9 Å². The Morgan fingerprint density at radius 2 is 2.00 bits per heavy atom. The van der Waals surface area contributed by atoms with Crippen LogP contribution < -0.4 is 5.32 Å². The summed E-state index contributed by atoms with van der Waals surface area (Å²) in [7, 11) is 0. The van der Waals surface area contributed by atoms with Gasteiger partial charge < -0.3 is 5.32 Å². The highest BCUT2D eigenvalue weighted by atomic mass is 14.9. The van der Waals surface area contributed by atoms with Crippen LogP contribution in [-0.4, -0.2) is 12.6 Å². The average Bonchev–Trinajstić information content (AvgIpc) is 2.66. The van der Waals surface area contributed by atoms with Crippen molar-refractivity contribution in [1.82, 2.24) is 5.32 Å². The predicted octanol–water partition coefficient (Wildman–Crippen LogP) is 3.01. The quantitative estimate of drug-likeness (QED) is 0.793. The fraction of sp³-hybridized carbons (Fsp3) is 0.571. The normalized spacial score (nSPS) is 25.7. The van der Waals surface area contributed by atoms with Gasteiger partial charge in [0.05, 0.1) is 0 Å². The van der Waals surface area contributed by atoms with Gasteiger partial charge in [-0.2, -0.15) is 0 Å². The second-order valence-corrected chi connectivity index (χ2v) is 4.70.